The number of benzene rings is 1. The van der Waals surface area contributed by atoms with Crippen molar-refractivity contribution in [3.05, 3.63) is 35.6 Å². The Morgan fingerprint density at radius 1 is 1.27 bits per heavy atom. The zero-order valence-corrected chi connectivity index (χ0v) is 11.7. The molecular formula is C14H12F3NO4. The van der Waals surface area contributed by atoms with E-state index in [1.807, 2.05) is 0 Å². The summed E-state index contributed by atoms with van der Waals surface area (Å²) < 4.78 is 50.0. The van der Waals surface area contributed by atoms with Crippen molar-refractivity contribution in [2.24, 2.45) is 0 Å². The average molecular weight is 315 g/mol. The van der Waals surface area contributed by atoms with Crippen LogP contribution in [0.15, 0.2) is 28.8 Å². The first-order valence-electron chi connectivity index (χ1n) is 6.31. The van der Waals surface area contributed by atoms with Crippen molar-refractivity contribution in [3.8, 4) is 17.0 Å². The van der Waals surface area contributed by atoms with Gasteiger partial charge in [-0.2, -0.15) is 0 Å². The average Bonchev–Trinajstić information content (AvgIpc) is 2.80. The first-order valence-corrected chi connectivity index (χ1v) is 6.31. The third-order valence-electron chi connectivity index (χ3n) is 2.70. The fourth-order valence-electron chi connectivity index (χ4n) is 1.83. The van der Waals surface area contributed by atoms with E-state index in [0.29, 0.717) is 5.56 Å². The Morgan fingerprint density at radius 2 is 1.91 bits per heavy atom. The molecule has 0 atom stereocenters. The zero-order chi connectivity index (χ0) is 16.3. The zero-order valence-electron chi connectivity index (χ0n) is 11.7. The first kappa shape index (κ1) is 15.9. The van der Waals surface area contributed by atoms with Crippen LogP contribution >= 0.6 is 0 Å². The van der Waals surface area contributed by atoms with Crippen LogP contribution in [0, 0.1) is 6.92 Å². The SMILES string of the molecule is CCOC(=O)c1c(-c2ccc(OC(F)(F)F)cc2)noc1C. The highest BCUT2D eigenvalue weighted by atomic mass is 19.4. The molecule has 8 heteroatoms. The van der Waals surface area contributed by atoms with Crippen molar-refractivity contribution in [1.82, 2.24) is 5.16 Å². The molecular weight excluding hydrogens is 303 g/mol. The highest BCUT2D eigenvalue weighted by molar-refractivity contribution is 5.97. The summed E-state index contributed by atoms with van der Waals surface area (Å²) in [5, 5.41) is 3.75. The summed E-state index contributed by atoms with van der Waals surface area (Å²) >= 11 is 0. The highest BCUT2D eigenvalue weighted by Crippen LogP contribution is 2.29. The molecule has 0 unspecified atom stereocenters. The summed E-state index contributed by atoms with van der Waals surface area (Å²) in [6.45, 7) is 3.38. The molecule has 0 aliphatic heterocycles. The van der Waals surface area contributed by atoms with Gasteiger partial charge in [-0.05, 0) is 38.1 Å². The highest BCUT2D eigenvalue weighted by Gasteiger charge is 2.31. The molecule has 1 aromatic carbocycles. The molecule has 0 saturated heterocycles. The summed E-state index contributed by atoms with van der Waals surface area (Å²) in [7, 11) is 0. The molecule has 22 heavy (non-hydrogen) atoms. The lowest BCUT2D eigenvalue weighted by molar-refractivity contribution is -0.274. The van der Waals surface area contributed by atoms with Crippen molar-refractivity contribution in [2.45, 2.75) is 20.2 Å². The van der Waals surface area contributed by atoms with Gasteiger partial charge in [-0.25, -0.2) is 4.79 Å². The summed E-state index contributed by atoms with van der Waals surface area (Å²) in [6, 6.07) is 4.95. The predicted octanol–water partition coefficient (Wildman–Crippen LogP) is 3.73. The fourth-order valence-corrected chi connectivity index (χ4v) is 1.83. The lowest BCUT2D eigenvalue weighted by Gasteiger charge is -2.09. The number of carbonyl (C=O) groups excluding carboxylic acids is 1. The fraction of sp³-hybridized carbons (Fsp3) is 0.286. The summed E-state index contributed by atoms with van der Waals surface area (Å²) in [6.07, 6.45) is -4.76. The normalized spacial score (nSPS) is 11.3. The molecule has 1 heterocycles. The van der Waals surface area contributed by atoms with E-state index in [4.69, 9.17) is 9.26 Å². The van der Waals surface area contributed by atoms with Gasteiger partial charge in [-0.3, -0.25) is 0 Å². The first-order chi connectivity index (χ1) is 10.3. The number of ether oxygens (including phenoxy) is 2. The van der Waals surface area contributed by atoms with Crippen LogP contribution in [0.25, 0.3) is 11.3 Å². The Balaban J connectivity index is 2.31. The van der Waals surface area contributed by atoms with Gasteiger partial charge < -0.3 is 14.0 Å². The van der Waals surface area contributed by atoms with E-state index in [0.717, 1.165) is 12.1 Å². The van der Waals surface area contributed by atoms with Crippen molar-refractivity contribution in [1.29, 1.82) is 0 Å². The molecule has 1 aromatic heterocycles. The van der Waals surface area contributed by atoms with Gasteiger partial charge in [-0.1, -0.05) is 5.16 Å². The molecule has 0 spiro atoms. The van der Waals surface area contributed by atoms with Gasteiger partial charge in [0.25, 0.3) is 0 Å². The number of aryl methyl sites for hydroxylation is 1. The third-order valence-corrected chi connectivity index (χ3v) is 2.70. The van der Waals surface area contributed by atoms with Crippen LogP contribution in [0.3, 0.4) is 0 Å². The number of esters is 1. The van der Waals surface area contributed by atoms with Gasteiger partial charge in [0.1, 0.15) is 22.8 Å². The number of aromatic nitrogens is 1. The second kappa shape index (κ2) is 6.08. The number of nitrogens with zero attached hydrogens (tertiary/aromatic N) is 1. The Bertz CT molecular complexity index is 662. The molecule has 0 bridgehead atoms. The molecule has 0 aliphatic carbocycles. The minimum absolute atomic E-state index is 0.145. The third kappa shape index (κ3) is 3.57. The number of rotatable bonds is 4. The van der Waals surface area contributed by atoms with Crippen molar-refractivity contribution in [2.75, 3.05) is 6.61 Å². The van der Waals surface area contributed by atoms with Crippen LogP contribution in [0.1, 0.15) is 23.0 Å². The van der Waals surface area contributed by atoms with Crippen molar-refractivity contribution >= 4 is 5.97 Å². The van der Waals surface area contributed by atoms with E-state index in [2.05, 4.69) is 9.89 Å². The number of hydrogen-bond acceptors (Lipinski definition) is 5. The summed E-state index contributed by atoms with van der Waals surface area (Å²) in [5.41, 5.74) is 0.760. The standard InChI is InChI=1S/C14H12F3NO4/c1-3-20-13(19)11-8(2)22-18-12(11)9-4-6-10(7-5-9)21-14(15,16)17/h4-7H,3H2,1-2H3. The summed E-state index contributed by atoms with van der Waals surface area (Å²) in [4.78, 5) is 11.9. The second-order valence-corrected chi connectivity index (χ2v) is 4.26. The number of halogens is 3. The largest absolute Gasteiger partial charge is 0.573 e. The second-order valence-electron chi connectivity index (χ2n) is 4.26. The maximum absolute atomic E-state index is 12.1. The lowest BCUT2D eigenvalue weighted by atomic mass is 10.1. The number of hydrogen-bond donors (Lipinski definition) is 0. The summed E-state index contributed by atoms with van der Waals surface area (Å²) in [5.74, 6) is -0.704. The van der Waals surface area contributed by atoms with E-state index < -0.39 is 12.3 Å². The van der Waals surface area contributed by atoms with Crippen LogP contribution in [-0.4, -0.2) is 24.1 Å². The van der Waals surface area contributed by atoms with Gasteiger partial charge in [-0.15, -0.1) is 13.2 Å². The maximum Gasteiger partial charge on any atom is 0.573 e. The van der Waals surface area contributed by atoms with E-state index in [-0.39, 0.29) is 29.4 Å². The Kier molecular flexibility index (Phi) is 4.39. The molecule has 2 rings (SSSR count). The molecule has 0 N–H and O–H groups in total. The van der Waals surface area contributed by atoms with Crippen LogP contribution < -0.4 is 4.74 Å². The quantitative estimate of drug-likeness (QED) is 0.805. The maximum atomic E-state index is 12.1. The van der Waals surface area contributed by atoms with E-state index in [9.17, 15) is 18.0 Å². The van der Waals surface area contributed by atoms with Crippen molar-refractivity contribution in [3.63, 3.8) is 0 Å². The smallest absolute Gasteiger partial charge is 0.462 e. The van der Waals surface area contributed by atoms with Crippen molar-refractivity contribution < 1.29 is 32.0 Å². The molecule has 0 fully saturated rings. The molecule has 0 aliphatic rings. The molecule has 0 amide bonds. The van der Waals surface area contributed by atoms with Crippen LogP contribution in [0.2, 0.25) is 0 Å². The Morgan fingerprint density at radius 3 is 2.45 bits per heavy atom. The van der Waals surface area contributed by atoms with E-state index >= 15 is 0 Å². The molecule has 5 nitrogen and oxygen atoms in total. The Hall–Kier alpha value is -2.51. The van der Waals surface area contributed by atoms with Gasteiger partial charge in [0.2, 0.25) is 0 Å². The van der Waals surface area contributed by atoms with Crippen LogP contribution in [0.5, 0.6) is 5.75 Å². The van der Waals surface area contributed by atoms with Crippen LogP contribution in [0.4, 0.5) is 13.2 Å². The predicted molar refractivity (Wildman–Crippen MR) is 69.3 cm³/mol. The van der Waals surface area contributed by atoms with Gasteiger partial charge >= 0.3 is 12.3 Å². The Labute approximate surface area is 123 Å². The topological polar surface area (TPSA) is 61.6 Å². The molecule has 118 valence electrons. The molecule has 2 aromatic rings. The van der Waals surface area contributed by atoms with E-state index in [1.165, 1.54) is 12.1 Å². The van der Waals surface area contributed by atoms with Gasteiger partial charge in [0, 0.05) is 5.56 Å². The van der Waals surface area contributed by atoms with E-state index in [1.54, 1.807) is 13.8 Å². The van der Waals surface area contributed by atoms with Crippen LogP contribution in [-0.2, 0) is 4.74 Å². The van der Waals surface area contributed by atoms with Gasteiger partial charge in [0.15, 0.2) is 0 Å². The minimum Gasteiger partial charge on any atom is -0.462 e. The lowest BCUT2D eigenvalue weighted by Crippen LogP contribution is -2.16. The molecule has 0 saturated carbocycles. The van der Waals surface area contributed by atoms with Gasteiger partial charge in [0.05, 0.1) is 6.61 Å². The minimum atomic E-state index is -4.76. The number of carbonyl (C=O) groups is 1. The molecule has 0 radical (unpaired) electrons. The monoisotopic (exact) mass is 315 g/mol. The number of alkyl halides is 3.